The Labute approximate surface area is 104 Å². The monoisotopic (exact) mass is 230 g/mol. The highest BCUT2D eigenvalue weighted by Gasteiger charge is 2.15. The predicted molar refractivity (Wildman–Crippen MR) is 71.6 cm³/mol. The summed E-state index contributed by atoms with van der Waals surface area (Å²) in [6.45, 7) is 6.84. The summed E-state index contributed by atoms with van der Waals surface area (Å²) in [4.78, 5) is 2.37. The van der Waals surface area contributed by atoms with Crippen LogP contribution in [0.1, 0.15) is 24.0 Å². The molecule has 0 atom stereocenters. The molecule has 0 saturated carbocycles. The van der Waals surface area contributed by atoms with Gasteiger partial charge in [-0.2, -0.15) is 0 Å². The van der Waals surface area contributed by atoms with Crippen molar-refractivity contribution in [3.8, 4) is 0 Å². The van der Waals surface area contributed by atoms with Gasteiger partial charge in [0, 0.05) is 19.6 Å². The summed E-state index contributed by atoms with van der Waals surface area (Å²) in [7, 11) is 0. The van der Waals surface area contributed by atoms with Gasteiger partial charge >= 0.3 is 0 Å². The zero-order valence-corrected chi connectivity index (χ0v) is 10.2. The number of rotatable bonds is 3. The minimum absolute atomic E-state index is 0.0835. The summed E-state index contributed by atoms with van der Waals surface area (Å²) in [5.41, 5.74) is 2.27. The minimum atomic E-state index is -0.0835. The van der Waals surface area contributed by atoms with Crippen LogP contribution in [0.3, 0.4) is 0 Å². The summed E-state index contributed by atoms with van der Waals surface area (Å²) in [6.07, 6.45) is 6.06. The fourth-order valence-electron chi connectivity index (χ4n) is 2.07. The highest BCUT2D eigenvalue weighted by atomic mass is 16.3. The van der Waals surface area contributed by atoms with Crippen LogP contribution in [0.15, 0.2) is 30.3 Å². The Morgan fingerprint density at radius 2 is 1.88 bits per heavy atom. The van der Waals surface area contributed by atoms with Crippen molar-refractivity contribution in [2.24, 2.45) is 0 Å². The molecule has 1 fully saturated rings. The molecular formula is C15H20NO. The number of hydrogen-bond acceptors (Lipinski definition) is 2. The average Bonchev–Trinajstić information content (AvgIpc) is 2.34. The van der Waals surface area contributed by atoms with E-state index in [1.54, 1.807) is 0 Å². The molecule has 1 aromatic rings. The Balaban J connectivity index is 1.79. The summed E-state index contributed by atoms with van der Waals surface area (Å²) in [5.74, 6) is 0. The summed E-state index contributed by atoms with van der Waals surface area (Å²) >= 11 is 0. The SMILES string of the molecule is [CH2]c1ccc(/C=C/CN2CCC(O)CC2)cc1. The molecular weight excluding hydrogens is 210 g/mol. The number of aliphatic hydroxyl groups excluding tert-OH is 1. The van der Waals surface area contributed by atoms with Crippen molar-refractivity contribution < 1.29 is 5.11 Å². The molecule has 1 aliphatic rings. The average molecular weight is 230 g/mol. The zero-order chi connectivity index (χ0) is 12.1. The summed E-state index contributed by atoms with van der Waals surface area (Å²) in [6, 6.07) is 8.21. The van der Waals surface area contributed by atoms with E-state index < -0.39 is 0 Å². The summed E-state index contributed by atoms with van der Waals surface area (Å²) < 4.78 is 0. The van der Waals surface area contributed by atoms with Crippen LogP contribution in [-0.2, 0) is 0 Å². The van der Waals surface area contributed by atoms with Gasteiger partial charge in [0.15, 0.2) is 0 Å². The maximum Gasteiger partial charge on any atom is 0.0564 e. The van der Waals surface area contributed by atoms with Crippen LogP contribution in [0.4, 0.5) is 0 Å². The van der Waals surface area contributed by atoms with Gasteiger partial charge in [0.05, 0.1) is 6.10 Å². The molecule has 0 bridgehead atoms. The molecule has 1 aliphatic heterocycles. The predicted octanol–water partition coefficient (Wildman–Crippen LogP) is 2.34. The molecule has 91 valence electrons. The molecule has 17 heavy (non-hydrogen) atoms. The molecule has 2 rings (SSSR count). The number of benzene rings is 1. The number of aliphatic hydroxyl groups is 1. The lowest BCUT2D eigenvalue weighted by Crippen LogP contribution is -2.35. The lowest BCUT2D eigenvalue weighted by Gasteiger charge is -2.28. The van der Waals surface area contributed by atoms with E-state index in [-0.39, 0.29) is 6.10 Å². The number of piperidine rings is 1. The maximum atomic E-state index is 9.41. The first-order chi connectivity index (χ1) is 8.24. The van der Waals surface area contributed by atoms with Crippen LogP contribution < -0.4 is 0 Å². The van der Waals surface area contributed by atoms with Crippen molar-refractivity contribution in [3.63, 3.8) is 0 Å². The highest BCUT2D eigenvalue weighted by Crippen LogP contribution is 2.10. The van der Waals surface area contributed by atoms with Gasteiger partial charge in [-0.1, -0.05) is 36.4 Å². The van der Waals surface area contributed by atoms with Crippen LogP contribution >= 0.6 is 0 Å². The van der Waals surface area contributed by atoms with Gasteiger partial charge in [-0.25, -0.2) is 0 Å². The van der Waals surface area contributed by atoms with Crippen molar-refractivity contribution in [3.05, 3.63) is 48.4 Å². The van der Waals surface area contributed by atoms with E-state index in [0.717, 1.165) is 38.0 Å². The van der Waals surface area contributed by atoms with Crippen molar-refractivity contribution in [1.29, 1.82) is 0 Å². The van der Waals surface area contributed by atoms with E-state index in [9.17, 15) is 5.11 Å². The third-order valence-corrected chi connectivity index (χ3v) is 3.21. The van der Waals surface area contributed by atoms with Gasteiger partial charge < -0.3 is 5.11 Å². The topological polar surface area (TPSA) is 23.5 Å². The molecule has 0 spiro atoms. The Bertz CT molecular complexity index is 361. The first-order valence-corrected chi connectivity index (χ1v) is 6.23. The van der Waals surface area contributed by atoms with Crippen LogP contribution in [0.25, 0.3) is 6.08 Å². The number of nitrogens with zero attached hydrogens (tertiary/aromatic N) is 1. The fourth-order valence-corrected chi connectivity index (χ4v) is 2.07. The van der Waals surface area contributed by atoms with Crippen LogP contribution in [-0.4, -0.2) is 35.7 Å². The van der Waals surface area contributed by atoms with Crippen molar-refractivity contribution in [2.45, 2.75) is 18.9 Å². The van der Waals surface area contributed by atoms with Gasteiger partial charge in [-0.15, -0.1) is 0 Å². The van der Waals surface area contributed by atoms with E-state index in [1.165, 1.54) is 5.56 Å². The minimum Gasteiger partial charge on any atom is -0.393 e. The molecule has 1 N–H and O–H groups in total. The quantitative estimate of drug-likeness (QED) is 0.861. The van der Waals surface area contributed by atoms with Gasteiger partial charge in [-0.3, -0.25) is 4.90 Å². The van der Waals surface area contributed by atoms with E-state index in [4.69, 9.17) is 0 Å². The lowest BCUT2D eigenvalue weighted by molar-refractivity contribution is 0.0881. The van der Waals surface area contributed by atoms with E-state index >= 15 is 0 Å². The highest BCUT2D eigenvalue weighted by molar-refractivity contribution is 5.50. The fraction of sp³-hybridized carbons (Fsp3) is 0.400. The van der Waals surface area contributed by atoms with E-state index in [1.807, 2.05) is 12.1 Å². The largest absolute Gasteiger partial charge is 0.393 e. The molecule has 1 saturated heterocycles. The molecule has 0 aromatic heterocycles. The lowest BCUT2D eigenvalue weighted by atomic mass is 10.1. The van der Waals surface area contributed by atoms with Crippen LogP contribution in [0.5, 0.6) is 0 Å². The Morgan fingerprint density at radius 3 is 2.53 bits per heavy atom. The Kier molecular flexibility index (Phi) is 4.35. The second-order valence-corrected chi connectivity index (χ2v) is 4.68. The Hall–Kier alpha value is -1.12. The standard InChI is InChI=1S/C15H20NO/c1-13-4-6-14(7-5-13)3-2-10-16-11-8-15(17)9-12-16/h2-7,15,17H,1,8-12H2/b3-2+. The summed E-state index contributed by atoms with van der Waals surface area (Å²) in [5, 5.41) is 9.41. The van der Waals surface area contributed by atoms with Crippen molar-refractivity contribution in [2.75, 3.05) is 19.6 Å². The first kappa shape index (κ1) is 12.3. The van der Waals surface area contributed by atoms with Gasteiger partial charge in [0.25, 0.3) is 0 Å². The van der Waals surface area contributed by atoms with Crippen molar-refractivity contribution >= 4 is 6.08 Å². The number of likely N-dealkylation sites (tertiary alicyclic amines) is 1. The van der Waals surface area contributed by atoms with E-state index in [0.29, 0.717) is 0 Å². The first-order valence-electron chi connectivity index (χ1n) is 6.23. The smallest absolute Gasteiger partial charge is 0.0564 e. The van der Waals surface area contributed by atoms with Crippen molar-refractivity contribution in [1.82, 2.24) is 4.90 Å². The van der Waals surface area contributed by atoms with Crippen LogP contribution in [0, 0.1) is 6.92 Å². The van der Waals surface area contributed by atoms with Gasteiger partial charge in [0.2, 0.25) is 0 Å². The van der Waals surface area contributed by atoms with E-state index in [2.05, 4.69) is 36.1 Å². The number of hydrogen-bond donors (Lipinski definition) is 1. The molecule has 2 nitrogen and oxygen atoms in total. The third-order valence-electron chi connectivity index (χ3n) is 3.21. The molecule has 1 radical (unpaired) electrons. The third kappa shape index (κ3) is 3.99. The maximum absolute atomic E-state index is 9.41. The molecule has 0 aliphatic carbocycles. The molecule has 2 heteroatoms. The molecule has 1 aromatic carbocycles. The normalized spacial score (nSPS) is 18.9. The van der Waals surface area contributed by atoms with Gasteiger partial charge in [-0.05, 0) is 30.9 Å². The molecule has 0 unspecified atom stereocenters. The Morgan fingerprint density at radius 1 is 1.24 bits per heavy atom. The molecule has 0 amide bonds. The zero-order valence-electron chi connectivity index (χ0n) is 10.2. The second kappa shape index (κ2) is 5.99. The molecule has 1 heterocycles. The van der Waals surface area contributed by atoms with Gasteiger partial charge in [0.1, 0.15) is 0 Å². The van der Waals surface area contributed by atoms with Crippen LogP contribution in [0.2, 0.25) is 0 Å². The second-order valence-electron chi connectivity index (χ2n) is 4.68.